The number of aliphatic hydroxyl groups excluding tert-OH is 1. The molecule has 0 aromatic heterocycles. The van der Waals surface area contributed by atoms with E-state index in [1.807, 2.05) is 0 Å². The van der Waals surface area contributed by atoms with Crippen LogP contribution in [0.15, 0.2) is 35.8 Å². The number of nitrogens with two attached hydrogens (primary N) is 1. The fourth-order valence-electron chi connectivity index (χ4n) is 0.461. The normalized spacial score (nSPS) is 14.4. The number of hydrogen-bond acceptors (Lipinski definition) is 2. The van der Waals surface area contributed by atoms with Crippen molar-refractivity contribution in [1.29, 1.82) is 0 Å². The van der Waals surface area contributed by atoms with Gasteiger partial charge in [0.2, 0.25) is 0 Å². The Kier molecular flexibility index (Phi) is 3.33. The highest BCUT2D eigenvalue weighted by Crippen LogP contribution is 2.06. The van der Waals surface area contributed by atoms with Gasteiger partial charge in [-0.15, -0.1) is 0 Å². The lowest BCUT2D eigenvalue weighted by Gasteiger charge is -2.00. The Hall–Kier alpha value is -1.18. The van der Waals surface area contributed by atoms with Crippen LogP contribution in [0.1, 0.15) is 13.8 Å². The van der Waals surface area contributed by atoms with Crippen LogP contribution in [-0.2, 0) is 0 Å². The summed E-state index contributed by atoms with van der Waals surface area (Å²) in [7, 11) is 0. The van der Waals surface area contributed by atoms with Crippen molar-refractivity contribution in [2.45, 2.75) is 13.8 Å². The van der Waals surface area contributed by atoms with Crippen LogP contribution in [-0.4, -0.2) is 5.11 Å². The molecule has 0 atom stereocenters. The highest BCUT2D eigenvalue weighted by Gasteiger charge is 1.97. The van der Waals surface area contributed by atoms with Crippen LogP contribution >= 0.6 is 0 Å². The average Bonchev–Trinajstić information content (AvgIpc) is 2.00. The van der Waals surface area contributed by atoms with Crippen molar-refractivity contribution >= 4 is 0 Å². The summed E-state index contributed by atoms with van der Waals surface area (Å²) in [6, 6.07) is 0. The highest BCUT2D eigenvalue weighted by molar-refractivity contribution is 5.30. The largest absolute Gasteiger partial charge is 0.506 e. The number of rotatable bonds is 2. The Morgan fingerprint density at radius 2 is 2.10 bits per heavy atom. The third kappa shape index (κ3) is 1.97. The van der Waals surface area contributed by atoms with Crippen molar-refractivity contribution in [2.24, 2.45) is 5.73 Å². The molecule has 0 aromatic rings. The summed E-state index contributed by atoms with van der Waals surface area (Å²) < 4.78 is 0. The molecule has 0 saturated heterocycles. The smallest absolute Gasteiger partial charge is 0.140 e. The molecule has 0 aliphatic rings. The van der Waals surface area contributed by atoms with Crippen molar-refractivity contribution in [3.05, 3.63) is 35.8 Å². The van der Waals surface area contributed by atoms with Crippen LogP contribution in [0.2, 0.25) is 0 Å². The fraction of sp³-hybridized carbons (Fsp3) is 0.250. The van der Waals surface area contributed by atoms with E-state index in [-0.39, 0.29) is 5.76 Å². The van der Waals surface area contributed by atoms with Gasteiger partial charge in [0.15, 0.2) is 0 Å². The number of hydrogen-bond donors (Lipinski definition) is 2. The minimum Gasteiger partial charge on any atom is -0.506 e. The third-order valence-electron chi connectivity index (χ3n) is 1.26. The van der Waals surface area contributed by atoms with Crippen molar-refractivity contribution in [1.82, 2.24) is 0 Å². The van der Waals surface area contributed by atoms with Gasteiger partial charge in [-0.3, -0.25) is 0 Å². The summed E-state index contributed by atoms with van der Waals surface area (Å²) in [4.78, 5) is 0. The monoisotopic (exact) mass is 139 g/mol. The molecule has 2 heteroatoms. The summed E-state index contributed by atoms with van der Waals surface area (Å²) in [6.07, 6.45) is 3.20. The minimum absolute atomic E-state index is 0.109. The predicted molar refractivity (Wildman–Crippen MR) is 43.5 cm³/mol. The van der Waals surface area contributed by atoms with Gasteiger partial charge in [-0.25, -0.2) is 0 Å². The van der Waals surface area contributed by atoms with E-state index in [2.05, 4.69) is 6.58 Å². The highest BCUT2D eigenvalue weighted by atomic mass is 16.3. The van der Waals surface area contributed by atoms with Gasteiger partial charge in [-0.05, 0) is 19.4 Å². The first-order chi connectivity index (χ1) is 4.63. The summed E-state index contributed by atoms with van der Waals surface area (Å²) in [5.41, 5.74) is 6.48. The summed E-state index contributed by atoms with van der Waals surface area (Å²) in [5.74, 6) is 0.109. The predicted octanol–water partition coefficient (Wildman–Crippen LogP) is 1.87. The van der Waals surface area contributed by atoms with Gasteiger partial charge in [0, 0.05) is 0 Å². The molecule has 0 radical (unpaired) electrons. The van der Waals surface area contributed by atoms with Gasteiger partial charge >= 0.3 is 0 Å². The standard InChI is InChI=1S/C8H13NO/c1-4-6(3)8(10)7(9)5-2/h4-5,10H,1,9H2,2-3H3/b7-5+,8-6+. The Balaban J connectivity index is 4.63. The van der Waals surface area contributed by atoms with E-state index in [1.165, 1.54) is 0 Å². The maximum absolute atomic E-state index is 9.20. The molecule has 0 fully saturated rings. The molecule has 0 unspecified atom stereocenters. The van der Waals surface area contributed by atoms with E-state index in [9.17, 15) is 5.11 Å². The molecular weight excluding hydrogens is 126 g/mol. The van der Waals surface area contributed by atoms with Crippen LogP contribution in [0.3, 0.4) is 0 Å². The fourth-order valence-corrected chi connectivity index (χ4v) is 0.461. The second-order valence-electron chi connectivity index (χ2n) is 1.98. The summed E-state index contributed by atoms with van der Waals surface area (Å²) >= 11 is 0. The molecule has 0 rings (SSSR count). The Morgan fingerprint density at radius 3 is 2.40 bits per heavy atom. The molecule has 0 aliphatic heterocycles. The van der Waals surface area contributed by atoms with E-state index < -0.39 is 0 Å². The molecule has 0 bridgehead atoms. The van der Waals surface area contributed by atoms with Gasteiger partial charge in [0.25, 0.3) is 0 Å². The maximum Gasteiger partial charge on any atom is 0.140 e. The molecule has 0 heterocycles. The molecule has 0 spiro atoms. The first-order valence-electron chi connectivity index (χ1n) is 3.08. The summed E-state index contributed by atoms with van der Waals surface area (Å²) in [6.45, 7) is 7.01. The topological polar surface area (TPSA) is 46.2 Å². The van der Waals surface area contributed by atoms with Gasteiger partial charge in [0.05, 0.1) is 5.70 Å². The van der Waals surface area contributed by atoms with Crippen LogP contribution < -0.4 is 5.73 Å². The van der Waals surface area contributed by atoms with Crippen LogP contribution in [0.4, 0.5) is 0 Å². The molecule has 0 saturated carbocycles. The van der Waals surface area contributed by atoms with Crippen molar-refractivity contribution in [3.63, 3.8) is 0 Å². The molecule has 56 valence electrons. The van der Waals surface area contributed by atoms with Crippen molar-refractivity contribution < 1.29 is 5.11 Å². The van der Waals surface area contributed by atoms with Crippen molar-refractivity contribution in [2.75, 3.05) is 0 Å². The zero-order valence-corrected chi connectivity index (χ0v) is 6.39. The lowest BCUT2D eigenvalue weighted by atomic mass is 10.2. The zero-order chi connectivity index (χ0) is 8.15. The van der Waals surface area contributed by atoms with E-state index in [4.69, 9.17) is 5.73 Å². The Bertz CT molecular complexity index is 189. The molecule has 0 amide bonds. The van der Waals surface area contributed by atoms with Crippen LogP contribution in [0.25, 0.3) is 0 Å². The third-order valence-corrected chi connectivity index (χ3v) is 1.26. The first kappa shape index (κ1) is 8.82. The first-order valence-corrected chi connectivity index (χ1v) is 3.08. The molecule has 2 nitrogen and oxygen atoms in total. The zero-order valence-electron chi connectivity index (χ0n) is 6.39. The lowest BCUT2D eigenvalue weighted by Crippen LogP contribution is -2.01. The van der Waals surface area contributed by atoms with Crippen molar-refractivity contribution in [3.8, 4) is 0 Å². The average molecular weight is 139 g/mol. The Morgan fingerprint density at radius 1 is 1.60 bits per heavy atom. The maximum atomic E-state index is 9.20. The SMILES string of the molecule is C=C/C(C)=C(O)\C(N)=C/C. The molecular formula is C8H13NO. The van der Waals surface area contributed by atoms with E-state index in [1.54, 1.807) is 26.0 Å². The number of allylic oxidation sites excluding steroid dienone is 3. The summed E-state index contributed by atoms with van der Waals surface area (Å²) in [5, 5.41) is 9.20. The molecule has 3 N–H and O–H groups in total. The quantitative estimate of drug-likeness (QED) is 0.453. The van der Waals surface area contributed by atoms with Gasteiger partial charge in [-0.1, -0.05) is 18.7 Å². The van der Waals surface area contributed by atoms with Gasteiger partial charge in [-0.2, -0.15) is 0 Å². The van der Waals surface area contributed by atoms with E-state index in [0.717, 1.165) is 0 Å². The lowest BCUT2D eigenvalue weighted by molar-refractivity contribution is 0.417. The van der Waals surface area contributed by atoms with E-state index in [0.29, 0.717) is 11.3 Å². The minimum atomic E-state index is 0.109. The second-order valence-corrected chi connectivity index (χ2v) is 1.98. The van der Waals surface area contributed by atoms with E-state index >= 15 is 0 Å². The van der Waals surface area contributed by atoms with Crippen LogP contribution in [0, 0.1) is 0 Å². The van der Waals surface area contributed by atoms with Crippen LogP contribution in [0.5, 0.6) is 0 Å². The Labute approximate surface area is 61.4 Å². The molecule has 0 aliphatic carbocycles. The van der Waals surface area contributed by atoms with Gasteiger partial charge in [0.1, 0.15) is 5.76 Å². The molecule has 0 aromatic carbocycles. The molecule has 10 heavy (non-hydrogen) atoms. The second kappa shape index (κ2) is 3.77. The number of aliphatic hydroxyl groups is 1. The van der Waals surface area contributed by atoms with Gasteiger partial charge < -0.3 is 10.8 Å².